The Balaban J connectivity index is 1.74. The van der Waals surface area contributed by atoms with Gasteiger partial charge in [-0.3, -0.25) is 14.5 Å². The molecule has 1 aromatic heterocycles. The van der Waals surface area contributed by atoms with E-state index in [1.807, 2.05) is 24.3 Å². The number of furan rings is 1. The first kappa shape index (κ1) is 17.1. The zero-order valence-corrected chi connectivity index (χ0v) is 14.9. The van der Waals surface area contributed by atoms with E-state index in [0.717, 1.165) is 11.8 Å². The van der Waals surface area contributed by atoms with Crippen LogP contribution in [0.2, 0.25) is 0 Å². The van der Waals surface area contributed by atoms with Crippen molar-refractivity contribution in [3.05, 3.63) is 95.3 Å². The highest BCUT2D eigenvalue weighted by Crippen LogP contribution is 2.36. The molecule has 0 atom stereocenters. The topological polar surface area (TPSA) is 62.9 Å². The number of hydrogen-bond donors (Lipinski definition) is 0. The third kappa shape index (κ3) is 3.61. The highest BCUT2D eigenvalue weighted by Gasteiger charge is 2.35. The highest BCUT2D eigenvalue weighted by molar-refractivity contribution is 8.19. The smallest absolute Gasteiger partial charge is 0.279 e. The summed E-state index contributed by atoms with van der Waals surface area (Å²) in [6, 6.07) is 21.4. The molecule has 2 amide bonds. The molecule has 5 nitrogen and oxygen atoms in total. The van der Waals surface area contributed by atoms with Crippen LogP contribution >= 0.6 is 11.8 Å². The Bertz CT molecular complexity index is 1030. The third-order valence-electron chi connectivity index (χ3n) is 3.86. The van der Waals surface area contributed by atoms with Crippen LogP contribution in [0.5, 0.6) is 0 Å². The van der Waals surface area contributed by atoms with Gasteiger partial charge < -0.3 is 4.42 Å². The van der Waals surface area contributed by atoms with E-state index in [9.17, 15) is 9.59 Å². The number of rotatable bonds is 3. The van der Waals surface area contributed by atoms with Gasteiger partial charge in [-0.1, -0.05) is 36.4 Å². The Hall–Kier alpha value is -3.38. The molecule has 3 aromatic rings. The number of anilines is 1. The molecule has 0 radical (unpaired) electrons. The Morgan fingerprint density at radius 2 is 1.67 bits per heavy atom. The fraction of sp³-hybridized carbons (Fsp3) is 0. The first-order valence-corrected chi connectivity index (χ1v) is 9.04. The van der Waals surface area contributed by atoms with Crippen molar-refractivity contribution in [1.82, 2.24) is 0 Å². The number of para-hydroxylation sites is 1. The van der Waals surface area contributed by atoms with Crippen LogP contribution in [0.15, 0.2) is 93.4 Å². The van der Waals surface area contributed by atoms with Gasteiger partial charge in [0.1, 0.15) is 5.76 Å². The van der Waals surface area contributed by atoms with E-state index in [1.165, 1.54) is 4.90 Å². The molecule has 0 bridgehead atoms. The summed E-state index contributed by atoms with van der Waals surface area (Å²) >= 11 is 1.15. The molecule has 2 heterocycles. The molecule has 0 aliphatic carbocycles. The second-order valence-electron chi connectivity index (χ2n) is 5.67. The zero-order chi connectivity index (χ0) is 18.6. The summed E-state index contributed by atoms with van der Waals surface area (Å²) in [6.07, 6.45) is 3.19. The molecule has 1 saturated heterocycles. The van der Waals surface area contributed by atoms with E-state index in [-0.39, 0.29) is 5.91 Å². The lowest BCUT2D eigenvalue weighted by Crippen LogP contribution is -2.29. The van der Waals surface area contributed by atoms with Gasteiger partial charge in [-0.15, -0.1) is 0 Å². The minimum absolute atomic E-state index is 0.248. The van der Waals surface area contributed by atoms with Crippen LogP contribution in [0, 0.1) is 0 Å². The zero-order valence-electron chi connectivity index (χ0n) is 14.1. The van der Waals surface area contributed by atoms with Gasteiger partial charge in [-0.05, 0) is 48.2 Å². The Morgan fingerprint density at radius 1 is 0.963 bits per heavy atom. The average Bonchev–Trinajstić information content (AvgIpc) is 3.32. The molecule has 0 spiro atoms. The summed E-state index contributed by atoms with van der Waals surface area (Å²) in [5, 5.41) is 0.317. The first-order chi connectivity index (χ1) is 13.2. The van der Waals surface area contributed by atoms with Gasteiger partial charge in [0, 0.05) is 11.6 Å². The lowest BCUT2D eigenvalue weighted by molar-refractivity contribution is -0.113. The maximum Gasteiger partial charge on any atom is 0.279 e. The van der Waals surface area contributed by atoms with Crippen LogP contribution in [0.3, 0.4) is 0 Å². The summed E-state index contributed by atoms with van der Waals surface area (Å²) in [6.45, 7) is 0. The molecule has 0 unspecified atom stereocenters. The monoisotopic (exact) mass is 374 g/mol. The molecular formula is C21H14N2O3S. The SMILES string of the molecule is O=C(N=C1SC(=Cc2ccco2)C(=O)N1c1ccccc1)c1ccccc1. The van der Waals surface area contributed by atoms with Gasteiger partial charge in [-0.2, -0.15) is 4.99 Å². The number of benzene rings is 2. The average molecular weight is 374 g/mol. The number of nitrogens with zero attached hydrogens (tertiary/aromatic N) is 2. The molecule has 2 aromatic carbocycles. The third-order valence-corrected chi connectivity index (χ3v) is 4.82. The summed E-state index contributed by atoms with van der Waals surface area (Å²) in [7, 11) is 0. The molecule has 0 N–H and O–H groups in total. The minimum Gasteiger partial charge on any atom is -0.465 e. The Morgan fingerprint density at radius 3 is 2.33 bits per heavy atom. The van der Waals surface area contributed by atoms with Crippen molar-refractivity contribution < 1.29 is 14.0 Å². The molecule has 1 aliphatic rings. The summed E-state index contributed by atoms with van der Waals surface area (Å²) in [5.74, 6) is -0.0808. The normalized spacial score (nSPS) is 17.0. The van der Waals surface area contributed by atoms with Gasteiger partial charge in [0.05, 0.1) is 16.9 Å². The van der Waals surface area contributed by atoms with Crippen molar-refractivity contribution in [2.45, 2.75) is 0 Å². The minimum atomic E-state index is -0.397. The molecule has 1 fully saturated rings. The molecular weight excluding hydrogens is 360 g/mol. The molecule has 4 rings (SSSR count). The largest absolute Gasteiger partial charge is 0.465 e. The first-order valence-electron chi connectivity index (χ1n) is 8.23. The summed E-state index contributed by atoms with van der Waals surface area (Å²) < 4.78 is 5.30. The lowest BCUT2D eigenvalue weighted by Gasteiger charge is -2.15. The fourth-order valence-electron chi connectivity index (χ4n) is 2.59. The Labute approximate surface area is 160 Å². The second-order valence-corrected chi connectivity index (χ2v) is 6.68. The Kier molecular flexibility index (Phi) is 4.72. The molecule has 1 aliphatic heterocycles. The van der Waals surface area contributed by atoms with Crippen LogP contribution in [0.4, 0.5) is 5.69 Å². The van der Waals surface area contributed by atoms with Crippen LogP contribution in [-0.2, 0) is 4.79 Å². The second kappa shape index (κ2) is 7.47. The van der Waals surface area contributed by atoms with Gasteiger partial charge >= 0.3 is 0 Å². The number of carbonyl (C=O) groups is 2. The van der Waals surface area contributed by atoms with Crippen LogP contribution in [0.1, 0.15) is 16.1 Å². The quantitative estimate of drug-likeness (QED) is 0.629. The van der Waals surface area contributed by atoms with E-state index >= 15 is 0 Å². The molecule has 0 saturated carbocycles. The van der Waals surface area contributed by atoms with Crippen molar-refractivity contribution in [2.24, 2.45) is 4.99 Å². The van der Waals surface area contributed by atoms with E-state index < -0.39 is 5.91 Å². The fourth-order valence-corrected chi connectivity index (χ4v) is 3.55. The predicted octanol–water partition coefficient (Wildman–Crippen LogP) is 4.60. The number of amides is 2. The van der Waals surface area contributed by atoms with Gasteiger partial charge in [-0.25, -0.2) is 0 Å². The maximum absolute atomic E-state index is 13.0. The highest BCUT2D eigenvalue weighted by atomic mass is 32.2. The number of aliphatic imine (C=N–C) groups is 1. The van der Waals surface area contributed by atoms with Crippen LogP contribution < -0.4 is 4.90 Å². The van der Waals surface area contributed by atoms with Crippen molar-refractivity contribution in [1.29, 1.82) is 0 Å². The van der Waals surface area contributed by atoms with Gasteiger partial charge in [0.25, 0.3) is 11.8 Å². The summed E-state index contributed by atoms with van der Waals surface area (Å²) in [5.41, 5.74) is 1.12. The van der Waals surface area contributed by atoms with E-state index in [4.69, 9.17) is 4.42 Å². The number of amidine groups is 1. The molecule has 27 heavy (non-hydrogen) atoms. The van der Waals surface area contributed by atoms with E-state index in [0.29, 0.717) is 27.1 Å². The van der Waals surface area contributed by atoms with Gasteiger partial charge in [0.15, 0.2) is 5.17 Å². The predicted molar refractivity (Wildman–Crippen MR) is 106 cm³/mol. The van der Waals surface area contributed by atoms with E-state index in [2.05, 4.69) is 4.99 Å². The molecule has 132 valence electrons. The van der Waals surface area contributed by atoms with Crippen molar-refractivity contribution in [3.63, 3.8) is 0 Å². The number of hydrogen-bond acceptors (Lipinski definition) is 4. The maximum atomic E-state index is 13.0. The van der Waals surface area contributed by atoms with Gasteiger partial charge in [0.2, 0.25) is 0 Å². The number of thioether (sulfide) groups is 1. The summed E-state index contributed by atoms with van der Waals surface area (Å²) in [4.78, 5) is 31.6. The lowest BCUT2D eigenvalue weighted by atomic mass is 10.2. The molecule has 6 heteroatoms. The number of carbonyl (C=O) groups excluding carboxylic acids is 2. The van der Waals surface area contributed by atoms with Crippen molar-refractivity contribution in [3.8, 4) is 0 Å². The van der Waals surface area contributed by atoms with Crippen molar-refractivity contribution in [2.75, 3.05) is 4.90 Å². The standard InChI is InChI=1S/C21H14N2O3S/c24-19(15-8-3-1-4-9-15)22-21-23(16-10-5-2-6-11-16)20(25)18(27-21)14-17-12-7-13-26-17/h1-14H. The van der Waals surface area contributed by atoms with Crippen LogP contribution in [0.25, 0.3) is 6.08 Å². The van der Waals surface area contributed by atoms with E-state index in [1.54, 1.807) is 60.9 Å². The van der Waals surface area contributed by atoms with Crippen LogP contribution in [-0.4, -0.2) is 17.0 Å². The van der Waals surface area contributed by atoms with Crippen molar-refractivity contribution >= 4 is 40.5 Å².